The van der Waals surface area contributed by atoms with E-state index in [2.05, 4.69) is 40.0 Å². The Kier molecular flexibility index (Phi) is 3.74. The van der Waals surface area contributed by atoms with Gasteiger partial charge in [-0.2, -0.15) is 0 Å². The molecule has 0 fully saturated rings. The maximum Gasteiger partial charge on any atom is 0.0955 e. The molecule has 16 heavy (non-hydrogen) atoms. The van der Waals surface area contributed by atoms with E-state index in [1.54, 1.807) is 11.3 Å². The third-order valence-corrected chi connectivity index (χ3v) is 3.75. The van der Waals surface area contributed by atoms with E-state index in [0.29, 0.717) is 6.42 Å². The summed E-state index contributed by atoms with van der Waals surface area (Å²) in [6, 6.07) is 6.18. The summed E-state index contributed by atoms with van der Waals surface area (Å²) in [5, 5.41) is 11.9. The van der Waals surface area contributed by atoms with Gasteiger partial charge in [-0.3, -0.25) is 0 Å². The average molecular weight is 298 g/mol. The maximum atomic E-state index is 8.86. The van der Waals surface area contributed by atoms with Gasteiger partial charge in [-0.15, -0.1) is 11.3 Å². The van der Waals surface area contributed by atoms with E-state index < -0.39 is 0 Å². The van der Waals surface area contributed by atoms with E-state index in [1.807, 2.05) is 11.4 Å². The molecule has 2 aromatic rings. The van der Waals surface area contributed by atoms with E-state index in [1.165, 1.54) is 5.56 Å². The molecule has 84 valence electrons. The predicted molar refractivity (Wildman–Crippen MR) is 70.8 cm³/mol. The normalized spacial score (nSPS) is 10.7. The zero-order chi connectivity index (χ0) is 11.5. The van der Waals surface area contributed by atoms with Gasteiger partial charge in [-0.05, 0) is 24.6 Å². The minimum atomic E-state index is 0.157. The fourth-order valence-electron chi connectivity index (χ4n) is 1.52. The SMILES string of the molecule is Cc1ccc(Br)cc1-c1csc(CCO)n1. The Labute approximate surface area is 107 Å². The molecule has 0 saturated heterocycles. The van der Waals surface area contributed by atoms with Crippen LogP contribution in [0.25, 0.3) is 11.3 Å². The van der Waals surface area contributed by atoms with Crippen molar-refractivity contribution in [2.75, 3.05) is 6.61 Å². The van der Waals surface area contributed by atoms with Crippen LogP contribution in [0.4, 0.5) is 0 Å². The van der Waals surface area contributed by atoms with Crippen molar-refractivity contribution < 1.29 is 5.11 Å². The Balaban J connectivity index is 2.38. The zero-order valence-corrected chi connectivity index (χ0v) is 11.3. The van der Waals surface area contributed by atoms with Crippen LogP contribution in [0.2, 0.25) is 0 Å². The Bertz CT molecular complexity index is 496. The zero-order valence-electron chi connectivity index (χ0n) is 8.90. The van der Waals surface area contributed by atoms with Crippen molar-refractivity contribution in [2.24, 2.45) is 0 Å². The topological polar surface area (TPSA) is 33.1 Å². The number of thiazole rings is 1. The van der Waals surface area contributed by atoms with Gasteiger partial charge in [0.25, 0.3) is 0 Å². The molecule has 4 heteroatoms. The molecular formula is C12H12BrNOS. The Morgan fingerprint density at radius 2 is 2.25 bits per heavy atom. The first-order chi connectivity index (χ1) is 7.70. The molecule has 1 N–H and O–H groups in total. The van der Waals surface area contributed by atoms with Crippen LogP contribution in [0, 0.1) is 6.92 Å². The van der Waals surface area contributed by atoms with Gasteiger partial charge in [0.1, 0.15) is 0 Å². The smallest absolute Gasteiger partial charge is 0.0955 e. The quantitative estimate of drug-likeness (QED) is 0.942. The number of aromatic nitrogens is 1. The molecule has 1 aromatic heterocycles. The molecule has 0 saturated carbocycles. The van der Waals surface area contributed by atoms with Gasteiger partial charge in [-0.1, -0.05) is 22.0 Å². The number of nitrogens with zero attached hydrogens (tertiary/aromatic N) is 1. The molecule has 0 unspecified atom stereocenters. The van der Waals surface area contributed by atoms with E-state index in [0.717, 1.165) is 20.7 Å². The molecule has 0 bridgehead atoms. The largest absolute Gasteiger partial charge is 0.396 e. The first kappa shape index (κ1) is 11.8. The van der Waals surface area contributed by atoms with E-state index in [-0.39, 0.29) is 6.61 Å². The molecule has 0 spiro atoms. The fourth-order valence-corrected chi connectivity index (χ4v) is 2.66. The Morgan fingerprint density at radius 3 is 3.00 bits per heavy atom. The minimum absolute atomic E-state index is 0.157. The van der Waals surface area contributed by atoms with Crippen molar-refractivity contribution in [3.63, 3.8) is 0 Å². The van der Waals surface area contributed by atoms with Crippen molar-refractivity contribution in [3.8, 4) is 11.3 Å². The lowest BCUT2D eigenvalue weighted by Crippen LogP contribution is -1.90. The number of aliphatic hydroxyl groups is 1. The third-order valence-electron chi connectivity index (χ3n) is 2.35. The van der Waals surface area contributed by atoms with Crippen molar-refractivity contribution in [1.82, 2.24) is 4.98 Å². The summed E-state index contributed by atoms with van der Waals surface area (Å²) in [5.74, 6) is 0. The molecule has 0 radical (unpaired) electrons. The van der Waals surface area contributed by atoms with Crippen LogP contribution in [0.5, 0.6) is 0 Å². The van der Waals surface area contributed by atoms with Crippen LogP contribution in [0.3, 0.4) is 0 Å². The van der Waals surface area contributed by atoms with Crippen LogP contribution in [-0.2, 0) is 6.42 Å². The van der Waals surface area contributed by atoms with Gasteiger partial charge in [0.05, 0.1) is 10.7 Å². The molecule has 2 nitrogen and oxygen atoms in total. The Morgan fingerprint density at radius 1 is 1.44 bits per heavy atom. The molecule has 0 amide bonds. The number of aryl methyl sites for hydroxylation is 1. The van der Waals surface area contributed by atoms with Crippen LogP contribution in [-0.4, -0.2) is 16.7 Å². The summed E-state index contributed by atoms with van der Waals surface area (Å²) in [6.07, 6.45) is 0.637. The standard InChI is InChI=1S/C12H12BrNOS/c1-8-2-3-9(13)6-10(8)11-7-16-12(14-11)4-5-15/h2-3,6-7,15H,4-5H2,1H3. The molecule has 1 aromatic carbocycles. The maximum absolute atomic E-state index is 8.86. The summed E-state index contributed by atoms with van der Waals surface area (Å²) in [5.41, 5.74) is 3.35. The molecule has 0 aliphatic rings. The molecule has 1 heterocycles. The van der Waals surface area contributed by atoms with Gasteiger partial charge in [0.2, 0.25) is 0 Å². The van der Waals surface area contributed by atoms with Crippen molar-refractivity contribution in [2.45, 2.75) is 13.3 Å². The highest BCUT2D eigenvalue weighted by atomic mass is 79.9. The molecule has 0 atom stereocenters. The van der Waals surface area contributed by atoms with E-state index in [9.17, 15) is 0 Å². The summed E-state index contributed by atoms with van der Waals surface area (Å²) < 4.78 is 1.06. The van der Waals surface area contributed by atoms with Gasteiger partial charge in [0, 0.05) is 28.4 Å². The molecular weight excluding hydrogens is 286 g/mol. The lowest BCUT2D eigenvalue weighted by Gasteiger charge is -2.02. The highest BCUT2D eigenvalue weighted by Gasteiger charge is 2.07. The minimum Gasteiger partial charge on any atom is -0.396 e. The number of hydrogen-bond donors (Lipinski definition) is 1. The van der Waals surface area contributed by atoms with Crippen molar-refractivity contribution >= 4 is 27.3 Å². The average Bonchev–Trinajstić information content (AvgIpc) is 2.71. The summed E-state index contributed by atoms with van der Waals surface area (Å²) >= 11 is 5.06. The second kappa shape index (κ2) is 5.08. The second-order valence-corrected chi connectivity index (χ2v) is 5.42. The highest BCUT2D eigenvalue weighted by Crippen LogP contribution is 2.27. The lowest BCUT2D eigenvalue weighted by atomic mass is 10.1. The van der Waals surface area contributed by atoms with Crippen LogP contribution >= 0.6 is 27.3 Å². The third kappa shape index (κ3) is 2.51. The first-order valence-electron chi connectivity index (χ1n) is 5.02. The summed E-state index contributed by atoms with van der Waals surface area (Å²) in [4.78, 5) is 4.51. The first-order valence-corrected chi connectivity index (χ1v) is 6.70. The van der Waals surface area contributed by atoms with E-state index in [4.69, 9.17) is 5.11 Å². The number of hydrogen-bond acceptors (Lipinski definition) is 3. The van der Waals surface area contributed by atoms with Gasteiger partial charge < -0.3 is 5.11 Å². The van der Waals surface area contributed by atoms with Crippen molar-refractivity contribution in [1.29, 1.82) is 0 Å². The Hall–Kier alpha value is -0.710. The second-order valence-electron chi connectivity index (χ2n) is 3.56. The van der Waals surface area contributed by atoms with Crippen LogP contribution < -0.4 is 0 Å². The number of benzene rings is 1. The highest BCUT2D eigenvalue weighted by molar-refractivity contribution is 9.10. The summed E-state index contributed by atoms with van der Waals surface area (Å²) in [7, 11) is 0. The number of aliphatic hydroxyl groups excluding tert-OH is 1. The van der Waals surface area contributed by atoms with Gasteiger partial charge in [-0.25, -0.2) is 4.98 Å². The predicted octanol–water partition coefficient (Wildman–Crippen LogP) is 3.42. The molecule has 0 aliphatic carbocycles. The molecule has 2 rings (SSSR count). The summed E-state index contributed by atoms with van der Waals surface area (Å²) in [6.45, 7) is 2.23. The van der Waals surface area contributed by atoms with E-state index >= 15 is 0 Å². The monoisotopic (exact) mass is 297 g/mol. The molecule has 0 aliphatic heterocycles. The number of halogens is 1. The van der Waals surface area contributed by atoms with Gasteiger partial charge in [0.15, 0.2) is 0 Å². The fraction of sp³-hybridized carbons (Fsp3) is 0.250. The van der Waals surface area contributed by atoms with Crippen LogP contribution in [0.15, 0.2) is 28.1 Å². The van der Waals surface area contributed by atoms with Crippen LogP contribution in [0.1, 0.15) is 10.6 Å². The van der Waals surface area contributed by atoms with Gasteiger partial charge >= 0.3 is 0 Å². The van der Waals surface area contributed by atoms with Crippen molar-refractivity contribution in [3.05, 3.63) is 38.6 Å². The lowest BCUT2D eigenvalue weighted by molar-refractivity contribution is 0.299. The number of rotatable bonds is 3.